The quantitative estimate of drug-likeness (QED) is 0.542. The summed E-state index contributed by atoms with van der Waals surface area (Å²) in [5, 5.41) is 3.95. The summed E-state index contributed by atoms with van der Waals surface area (Å²) in [6.07, 6.45) is 0. The fourth-order valence-electron chi connectivity index (χ4n) is 2.58. The topological polar surface area (TPSA) is 38.8 Å². The Hall–Kier alpha value is -2.31. The summed E-state index contributed by atoms with van der Waals surface area (Å²) in [6, 6.07) is 13.6. The molecule has 3 rings (SSSR count). The number of hydrogen-bond acceptors (Lipinski definition) is 5. The molecule has 0 unspecified atom stereocenters. The summed E-state index contributed by atoms with van der Waals surface area (Å²) in [7, 11) is 1.63. The van der Waals surface area contributed by atoms with E-state index in [9.17, 15) is 4.79 Å². The van der Waals surface area contributed by atoms with E-state index in [-0.39, 0.29) is 5.91 Å². The van der Waals surface area contributed by atoms with Gasteiger partial charge in [0, 0.05) is 18.0 Å². The van der Waals surface area contributed by atoms with Gasteiger partial charge in [0.05, 0.1) is 12.0 Å². The average molecular weight is 388 g/mol. The van der Waals surface area contributed by atoms with Crippen LogP contribution in [0.3, 0.4) is 0 Å². The molecule has 0 fully saturated rings. The van der Waals surface area contributed by atoms with Gasteiger partial charge < -0.3 is 14.4 Å². The van der Waals surface area contributed by atoms with Gasteiger partial charge in [-0.25, -0.2) is 0 Å². The summed E-state index contributed by atoms with van der Waals surface area (Å²) in [5.41, 5.74) is 1.01. The molecule has 3 aromatic rings. The van der Waals surface area contributed by atoms with Crippen LogP contribution in [-0.4, -0.2) is 24.5 Å². The standard InChI is InChI=1S/C20H21NO3S2/c1-3-21(20(22)19-7-5-11-26-19)13-15-8-9-17(18(12-15)23-2)24-14-16-6-4-10-25-16/h4-12H,3,13-14H2,1-2H3. The van der Waals surface area contributed by atoms with Crippen molar-refractivity contribution in [3.63, 3.8) is 0 Å². The van der Waals surface area contributed by atoms with E-state index < -0.39 is 0 Å². The summed E-state index contributed by atoms with van der Waals surface area (Å²) in [4.78, 5) is 16.3. The fraction of sp³-hybridized carbons (Fsp3) is 0.250. The molecule has 0 saturated heterocycles. The van der Waals surface area contributed by atoms with Crippen molar-refractivity contribution in [3.8, 4) is 11.5 Å². The van der Waals surface area contributed by atoms with Crippen LogP contribution in [0.1, 0.15) is 27.0 Å². The predicted molar refractivity (Wildman–Crippen MR) is 106 cm³/mol. The van der Waals surface area contributed by atoms with Gasteiger partial charge in [0.25, 0.3) is 5.91 Å². The number of ether oxygens (including phenoxy) is 2. The number of carbonyl (C=O) groups excluding carboxylic acids is 1. The Morgan fingerprint density at radius 1 is 1.08 bits per heavy atom. The summed E-state index contributed by atoms with van der Waals surface area (Å²) in [6.45, 7) is 3.69. The van der Waals surface area contributed by atoms with E-state index in [4.69, 9.17) is 9.47 Å². The van der Waals surface area contributed by atoms with Crippen molar-refractivity contribution in [2.24, 2.45) is 0 Å². The second-order valence-corrected chi connectivity index (χ2v) is 7.63. The first-order valence-electron chi connectivity index (χ1n) is 8.36. The van der Waals surface area contributed by atoms with Gasteiger partial charge in [-0.05, 0) is 47.5 Å². The molecule has 0 N–H and O–H groups in total. The zero-order valence-corrected chi connectivity index (χ0v) is 16.4. The minimum absolute atomic E-state index is 0.0551. The molecule has 1 aromatic carbocycles. The lowest BCUT2D eigenvalue weighted by Gasteiger charge is -2.21. The van der Waals surface area contributed by atoms with Crippen molar-refractivity contribution in [3.05, 3.63) is 68.5 Å². The first kappa shape index (κ1) is 18.5. The number of methoxy groups -OCH3 is 1. The molecule has 0 aliphatic carbocycles. The lowest BCUT2D eigenvalue weighted by Crippen LogP contribution is -2.29. The predicted octanol–water partition coefficient (Wildman–Crippen LogP) is 5.06. The lowest BCUT2D eigenvalue weighted by molar-refractivity contribution is 0.0757. The van der Waals surface area contributed by atoms with E-state index >= 15 is 0 Å². The van der Waals surface area contributed by atoms with Crippen molar-refractivity contribution in [2.75, 3.05) is 13.7 Å². The van der Waals surface area contributed by atoms with Crippen LogP contribution in [-0.2, 0) is 13.2 Å². The molecule has 2 heterocycles. The second-order valence-electron chi connectivity index (χ2n) is 5.65. The highest BCUT2D eigenvalue weighted by molar-refractivity contribution is 7.12. The molecule has 0 aliphatic rings. The van der Waals surface area contributed by atoms with Gasteiger partial charge in [0.2, 0.25) is 0 Å². The van der Waals surface area contributed by atoms with E-state index in [0.717, 1.165) is 15.3 Å². The number of benzene rings is 1. The van der Waals surface area contributed by atoms with Gasteiger partial charge in [-0.3, -0.25) is 4.79 Å². The van der Waals surface area contributed by atoms with Gasteiger partial charge in [-0.15, -0.1) is 22.7 Å². The van der Waals surface area contributed by atoms with E-state index in [1.807, 2.05) is 65.0 Å². The number of amides is 1. The minimum Gasteiger partial charge on any atom is -0.493 e. The third kappa shape index (κ3) is 4.45. The van der Waals surface area contributed by atoms with Crippen molar-refractivity contribution < 1.29 is 14.3 Å². The van der Waals surface area contributed by atoms with E-state index in [2.05, 4.69) is 0 Å². The van der Waals surface area contributed by atoms with Crippen LogP contribution >= 0.6 is 22.7 Å². The molecule has 26 heavy (non-hydrogen) atoms. The van der Waals surface area contributed by atoms with Crippen LogP contribution in [0.2, 0.25) is 0 Å². The Morgan fingerprint density at radius 2 is 1.88 bits per heavy atom. The SMILES string of the molecule is CCN(Cc1ccc(OCc2cccs2)c(OC)c1)C(=O)c1cccs1. The highest BCUT2D eigenvalue weighted by Gasteiger charge is 2.16. The van der Waals surface area contributed by atoms with E-state index in [1.165, 1.54) is 11.3 Å². The van der Waals surface area contributed by atoms with Crippen molar-refractivity contribution in [1.29, 1.82) is 0 Å². The molecule has 6 heteroatoms. The molecule has 0 bridgehead atoms. The number of hydrogen-bond donors (Lipinski definition) is 0. The third-order valence-electron chi connectivity index (χ3n) is 3.95. The van der Waals surface area contributed by atoms with Crippen LogP contribution in [0.15, 0.2) is 53.2 Å². The maximum Gasteiger partial charge on any atom is 0.264 e. The lowest BCUT2D eigenvalue weighted by atomic mass is 10.2. The Morgan fingerprint density at radius 3 is 2.54 bits per heavy atom. The molecular formula is C20H21NO3S2. The summed E-state index contributed by atoms with van der Waals surface area (Å²) < 4.78 is 11.4. The first-order valence-corrected chi connectivity index (χ1v) is 10.1. The van der Waals surface area contributed by atoms with Crippen LogP contribution in [0.25, 0.3) is 0 Å². The van der Waals surface area contributed by atoms with E-state index in [1.54, 1.807) is 18.4 Å². The number of carbonyl (C=O) groups is 1. The first-order chi connectivity index (χ1) is 12.7. The minimum atomic E-state index is 0.0551. The monoisotopic (exact) mass is 387 g/mol. The number of rotatable bonds is 8. The molecule has 0 aliphatic heterocycles. The van der Waals surface area contributed by atoms with Gasteiger partial charge in [0.1, 0.15) is 6.61 Å². The molecule has 0 radical (unpaired) electrons. The Bertz CT molecular complexity index is 829. The van der Waals surface area contributed by atoms with E-state index in [0.29, 0.717) is 31.2 Å². The smallest absolute Gasteiger partial charge is 0.264 e. The van der Waals surface area contributed by atoms with Crippen LogP contribution in [0.4, 0.5) is 0 Å². The van der Waals surface area contributed by atoms with Gasteiger partial charge in [0.15, 0.2) is 11.5 Å². The molecule has 0 saturated carbocycles. The Balaban J connectivity index is 1.70. The summed E-state index contributed by atoms with van der Waals surface area (Å²) >= 11 is 3.13. The van der Waals surface area contributed by atoms with Gasteiger partial charge in [-0.1, -0.05) is 18.2 Å². The van der Waals surface area contributed by atoms with Crippen molar-refractivity contribution >= 4 is 28.6 Å². The highest BCUT2D eigenvalue weighted by Crippen LogP contribution is 2.30. The largest absolute Gasteiger partial charge is 0.493 e. The van der Waals surface area contributed by atoms with Gasteiger partial charge >= 0.3 is 0 Å². The normalized spacial score (nSPS) is 10.5. The number of nitrogens with zero attached hydrogens (tertiary/aromatic N) is 1. The maximum atomic E-state index is 12.6. The number of thiophene rings is 2. The van der Waals surface area contributed by atoms with Crippen molar-refractivity contribution in [1.82, 2.24) is 4.90 Å². The van der Waals surface area contributed by atoms with Crippen LogP contribution in [0.5, 0.6) is 11.5 Å². The molecule has 1 amide bonds. The molecule has 2 aromatic heterocycles. The summed E-state index contributed by atoms with van der Waals surface area (Å²) in [5.74, 6) is 1.44. The zero-order valence-electron chi connectivity index (χ0n) is 14.8. The van der Waals surface area contributed by atoms with Crippen LogP contribution < -0.4 is 9.47 Å². The molecule has 4 nitrogen and oxygen atoms in total. The zero-order chi connectivity index (χ0) is 18.4. The molecule has 136 valence electrons. The molecule has 0 atom stereocenters. The second kappa shape index (κ2) is 8.87. The Labute approximate surface area is 161 Å². The van der Waals surface area contributed by atoms with Crippen molar-refractivity contribution in [2.45, 2.75) is 20.1 Å². The highest BCUT2D eigenvalue weighted by atomic mass is 32.1. The average Bonchev–Trinajstić information content (AvgIpc) is 3.38. The third-order valence-corrected chi connectivity index (χ3v) is 5.66. The maximum absolute atomic E-state index is 12.6. The fourth-order valence-corrected chi connectivity index (χ4v) is 3.88. The van der Waals surface area contributed by atoms with Gasteiger partial charge in [-0.2, -0.15) is 0 Å². The molecule has 0 spiro atoms. The molecular weight excluding hydrogens is 366 g/mol. The van der Waals surface area contributed by atoms with Crippen LogP contribution in [0, 0.1) is 0 Å². The Kier molecular flexibility index (Phi) is 6.30.